The Labute approximate surface area is 108 Å². The number of hydrogen-bond donors (Lipinski definition) is 2. The van der Waals surface area contributed by atoms with Crippen molar-refractivity contribution in [3.05, 3.63) is 35.9 Å². The summed E-state index contributed by atoms with van der Waals surface area (Å²) in [4.78, 5) is 1.06. The summed E-state index contributed by atoms with van der Waals surface area (Å²) in [5, 5.41) is 7.16. The van der Waals surface area contributed by atoms with Crippen molar-refractivity contribution < 1.29 is 0 Å². The van der Waals surface area contributed by atoms with Crippen LogP contribution in [0.3, 0.4) is 0 Å². The molecule has 2 aliphatic rings. The van der Waals surface area contributed by atoms with Gasteiger partial charge in [0.15, 0.2) is 0 Å². The smallest absolute Gasteiger partial charge is 0.104 e. The van der Waals surface area contributed by atoms with Crippen LogP contribution in [-0.2, 0) is 0 Å². The number of rotatable bonds is 1. The van der Waals surface area contributed by atoms with Crippen LogP contribution in [0.1, 0.15) is 37.4 Å². The van der Waals surface area contributed by atoms with Crippen LogP contribution in [0.25, 0.3) is 0 Å². The molecule has 0 spiro atoms. The van der Waals surface area contributed by atoms with E-state index in [4.69, 9.17) is 12.2 Å². The molecule has 1 aromatic carbocycles. The Morgan fingerprint density at radius 3 is 2.65 bits per heavy atom. The molecule has 90 valence electrons. The highest BCUT2D eigenvalue weighted by atomic mass is 32.1. The fourth-order valence-electron chi connectivity index (χ4n) is 2.97. The maximum absolute atomic E-state index is 5.53. The first-order valence-corrected chi connectivity index (χ1v) is 6.87. The number of hydrogen-bond acceptors (Lipinski definition) is 2. The van der Waals surface area contributed by atoms with Gasteiger partial charge in [-0.2, -0.15) is 0 Å². The normalized spacial score (nSPS) is 32.7. The van der Waals surface area contributed by atoms with Crippen LogP contribution in [0.4, 0.5) is 0 Å². The van der Waals surface area contributed by atoms with E-state index in [-0.39, 0.29) is 6.17 Å². The van der Waals surface area contributed by atoms with Gasteiger partial charge in [0.2, 0.25) is 0 Å². The Hall–Kier alpha value is -0.930. The molecule has 3 atom stereocenters. The van der Waals surface area contributed by atoms with E-state index < -0.39 is 0 Å². The quantitative estimate of drug-likeness (QED) is 0.745. The van der Waals surface area contributed by atoms with Crippen LogP contribution < -0.4 is 10.6 Å². The van der Waals surface area contributed by atoms with Crippen molar-refractivity contribution in [1.29, 1.82) is 0 Å². The van der Waals surface area contributed by atoms with Crippen LogP contribution >= 0.6 is 12.2 Å². The van der Waals surface area contributed by atoms with Crippen molar-refractivity contribution >= 4 is 17.2 Å². The highest BCUT2D eigenvalue weighted by Crippen LogP contribution is 2.30. The van der Waals surface area contributed by atoms with Gasteiger partial charge in [-0.05, 0) is 18.4 Å². The Bertz CT molecular complexity index is 404. The molecule has 0 radical (unpaired) electrons. The van der Waals surface area contributed by atoms with E-state index >= 15 is 0 Å². The summed E-state index contributed by atoms with van der Waals surface area (Å²) >= 11 is 5.53. The van der Waals surface area contributed by atoms with Gasteiger partial charge in [-0.1, -0.05) is 55.4 Å². The predicted octanol–water partition coefficient (Wildman–Crippen LogP) is 2.76. The van der Waals surface area contributed by atoms with Crippen LogP contribution in [0.2, 0.25) is 0 Å². The number of benzene rings is 1. The molecule has 1 aliphatic heterocycles. The van der Waals surface area contributed by atoms with E-state index in [2.05, 4.69) is 34.9 Å². The van der Waals surface area contributed by atoms with Crippen LogP contribution in [0.15, 0.2) is 30.3 Å². The molecule has 3 unspecified atom stereocenters. The first kappa shape index (κ1) is 11.2. The molecular weight excluding hydrogens is 228 g/mol. The summed E-state index contributed by atoms with van der Waals surface area (Å²) in [6.07, 6.45) is 5.35. The molecule has 1 saturated carbocycles. The van der Waals surface area contributed by atoms with Gasteiger partial charge in [0.1, 0.15) is 6.17 Å². The third-order valence-electron chi connectivity index (χ3n) is 3.90. The third-order valence-corrected chi connectivity index (χ3v) is 4.32. The summed E-state index contributed by atoms with van der Waals surface area (Å²) in [7, 11) is 0. The number of thiocarbonyl (C=S) groups is 1. The van der Waals surface area contributed by atoms with Gasteiger partial charge in [-0.3, -0.25) is 5.32 Å². The summed E-state index contributed by atoms with van der Waals surface area (Å²) in [6, 6.07) is 11.1. The molecule has 0 aromatic heterocycles. The van der Waals surface area contributed by atoms with Crippen molar-refractivity contribution in [2.45, 2.75) is 37.9 Å². The molecule has 3 rings (SSSR count). The minimum absolute atomic E-state index is 0.197. The first-order valence-electron chi connectivity index (χ1n) is 6.46. The van der Waals surface area contributed by atoms with Crippen molar-refractivity contribution in [2.75, 3.05) is 0 Å². The SMILES string of the molecule is S=C1NC(c2ccccc2)NC2CCCCC12. The van der Waals surface area contributed by atoms with Crippen molar-refractivity contribution in [3.63, 3.8) is 0 Å². The molecule has 3 heteroatoms. The maximum atomic E-state index is 5.53. The summed E-state index contributed by atoms with van der Waals surface area (Å²) < 4.78 is 0. The van der Waals surface area contributed by atoms with Gasteiger partial charge in [0.25, 0.3) is 0 Å². The second kappa shape index (κ2) is 4.75. The average Bonchev–Trinajstić information content (AvgIpc) is 2.40. The molecule has 1 aromatic rings. The maximum Gasteiger partial charge on any atom is 0.104 e. The second-order valence-corrected chi connectivity index (χ2v) is 5.46. The molecule has 17 heavy (non-hydrogen) atoms. The Balaban J connectivity index is 1.79. The minimum atomic E-state index is 0.197. The lowest BCUT2D eigenvalue weighted by atomic mass is 9.82. The molecule has 1 aliphatic carbocycles. The molecule has 2 nitrogen and oxygen atoms in total. The highest BCUT2D eigenvalue weighted by molar-refractivity contribution is 7.80. The van der Waals surface area contributed by atoms with Crippen molar-refractivity contribution in [3.8, 4) is 0 Å². The van der Waals surface area contributed by atoms with E-state index in [9.17, 15) is 0 Å². The third kappa shape index (κ3) is 2.22. The van der Waals surface area contributed by atoms with Gasteiger partial charge in [-0.15, -0.1) is 0 Å². The zero-order valence-corrected chi connectivity index (χ0v) is 10.7. The summed E-state index contributed by atoms with van der Waals surface area (Å²) in [5.41, 5.74) is 1.28. The fraction of sp³-hybridized carbons (Fsp3) is 0.500. The zero-order valence-electron chi connectivity index (χ0n) is 9.86. The molecule has 1 saturated heterocycles. The lowest BCUT2D eigenvalue weighted by Gasteiger charge is -2.42. The zero-order chi connectivity index (χ0) is 11.7. The Morgan fingerprint density at radius 1 is 1.06 bits per heavy atom. The molecular formula is C14H18N2S. The second-order valence-electron chi connectivity index (χ2n) is 5.02. The summed E-state index contributed by atoms with van der Waals surface area (Å²) in [5.74, 6) is 0.554. The monoisotopic (exact) mass is 246 g/mol. The van der Waals surface area contributed by atoms with Gasteiger partial charge in [0, 0.05) is 12.0 Å². The lowest BCUT2D eigenvalue weighted by molar-refractivity contribution is 0.258. The molecule has 0 bridgehead atoms. The molecule has 2 fully saturated rings. The minimum Gasteiger partial charge on any atom is -0.360 e. The van der Waals surface area contributed by atoms with E-state index in [1.807, 2.05) is 6.07 Å². The molecule has 2 N–H and O–H groups in total. The van der Waals surface area contributed by atoms with Crippen LogP contribution in [0.5, 0.6) is 0 Å². The van der Waals surface area contributed by atoms with Gasteiger partial charge in [-0.25, -0.2) is 0 Å². The average molecular weight is 246 g/mol. The van der Waals surface area contributed by atoms with Crippen molar-refractivity contribution in [1.82, 2.24) is 10.6 Å². The highest BCUT2D eigenvalue weighted by Gasteiger charge is 2.35. The summed E-state index contributed by atoms with van der Waals surface area (Å²) in [6.45, 7) is 0. The van der Waals surface area contributed by atoms with Crippen molar-refractivity contribution in [2.24, 2.45) is 5.92 Å². The number of nitrogens with one attached hydrogen (secondary N) is 2. The van der Waals surface area contributed by atoms with Gasteiger partial charge in [0.05, 0.1) is 4.99 Å². The van der Waals surface area contributed by atoms with E-state index in [0.29, 0.717) is 12.0 Å². The standard InChI is InChI=1S/C14H18N2S/c17-14-11-8-4-5-9-12(11)15-13(16-14)10-6-2-1-3-7-10/h1-3,6-7,11-13,15H,4-5,8-9H2,(H,16,17). The molecule has 0 amide bonds. The predicted molar refractivity (Wildman–Crippen MR) is 73.8 cm³/mol. The van der Waals surface area contributed by atoms with Crippen LogP contribution in [0, 0.1) is 5.92 Å². The van der Waals surface area contributed by atoms with E-state index in [0.717, 1.165) is 4.99 Å². The van der Waals surface area contributed by atoms with Gasteiger partial charge >= 0.3 is 0 Å². The van der Waals surface area contributed by atoms with E-state index in [1.165, 1.54) is 31.2 Å². The fourth-order valence-corrected chi connectivity index (χ4v) is 3.37. The largest absolute Gasteiger partial charge is 0.360 e. The van der Waals surface area contributed by atoms with E-state index in [1.54, 1.807) is 0 Å². The topological polar surface area (TPSA) is 24.1 Å². The van der Waals surface area contributed by atoms with Crippen LogP contribution in [-0.4, -0.2) is 11.0 Å². The molecule has 1 heterocycles. The Kier molecular flexibility index (Phi) is 3.12. The Morgan fingerprint density at radius 2 is 1.82 bits per heavy atom. The number of fused-ring (bicyclic) bond motifs is 1. The first-order chi connectivity index (χ1) is 8.34. The lowest BCUT2D eigenvalue weighted by Crippen LogP contribution is -2.56. The van der Waals surface area contributed by atoms with Gasteiger partial charge < -0.3 is 5.32 Å².